The molecule has 1 N–H and O–H groups in total. The second-order valence-corrected chi connectivity index (χ2v) is 4.48. The predicted molar refractivity (Wildman–Crippen MR) is 96.3 cm³/mol. The number of rotatable bonds is 3. The SMILES string of the molecule is C#Cc1ccc(C=O)cc1.C#Cc1ccc(CCC)cc1.CO. The van der Waals surface area contributed by atoms with Crippen LogP contribution in [0.1, 0.15) is 40.4 Å². The summed E-state index contributed by atoms with van der Waals surface area (Å²) < 4.78 is 0. The standard InChI is InChI=1S/C11H12.C9H6O.CH4O/c1-3-5-11-8-6-10(4-2)7-9-11;1-2-8-3-5-9(7-10)6-4-8;1-2/h2,6-9H,3,5H2,1H3;1,3-7H;2H,1H3. The lowest BCUT2D eigenvalue weighted by Crippen LogP contribution is -1.82. The minimum absolute atomic E-state index is 0.652. The van der Waals surface area contributed by atoms with Gasteiger partial charge in [-0.05, 0) is 36.2 Å². The van der Waals surface area contributed by atoms with Crippen molar-refractivity contribution in [3.63, 3.8) is 0 Å². The number of aldehydes is 1. The van der Waals surface area contributed by atoms with Gasteiger partial charge in [-0.15, -0.1) is 12.8 Å². The molecule has 0 amide bonds. The monoisotopic (exact) mass is 306 g/mol. The van der Waals surface area contributed by atoms with Gasteiger partial charge in [0.1, 0.15) is 6.29 Å². The van der Waals surface area contributed by atoms with E-state index in [1.54, 1.807) is 24.3 Å². The maximum atomic E-state index is 10.2. The molecule has 2 heteroatoms. The molecule has 0 saturated carbocycles. The van der Waals surface area contributed by atoms with Gasteiger partial charge in [-0.25, -0.2) is 0 Å². The number of aliphatic hydroxyl groups excluding tert-OH is 1. The van der Waals surface area contributed by atoms with Crippen molar-refractivity contribution in [2.75, 3.05) is 7.11 Å². The number of aryl methyl sites for hydroxylation is 1. The van der Waals surface area contributed by atoms with Gasteiger partial charge in [0, 0.05) is 23.8 Å². The molecule has 0 radical (unpaired) electrons. The van der Waals surface area contributed by atoms with E-state index in [4.69, 9.17) is 18.0 Å². The van der Waals surface area contributed by atoms with E-state index in [-0.39, 0.29) is 0 Å². The van der Waals surface area contributed by atoms with Gasteiger partial charge in [0.15, 0.2) is 0 Å². The quantitative estimate of drug-likeness (QED) is 0.693. The summed E-state index contributed by atoms with van der Waals surface area (Å²) in [6.45, 7) is 2.18. The highest BCUT2D eigenvalue weighted by molar-refractivity contribution is 5.74. The van der Waals surface area contributed by atoms with Crippen molar-refractivity contribution in [2.24, 2.45) is 0 Å². The second-order valence-electron chi connectivity index (χ2n) is 4.48. The Balaban J connectivity index is 0.000000381. The van der Waals surface area contributed by atoms with Crippen LogP contribution in [-0.4, -0.2) is 18.5 Å². The van der Waals surface area contributed by atoms with E-state index >= 15 is 0 Å². The van der Waals surface area contributed by atoms with Crippen molar-refractivity contribution in [1.82, 2.24) is 0 Å². The van der Waals surface area contributed by atoms with Crippen LogP contribution in [0.25, 0.3) is 0 Å². The highest BCUT2D eigenvalue weighted by Crippen LogP contribution is 2.05. The van der Waals surface area contributed by atoms with E-state index in [1.807, 2.05) is 12.1 Å². The molecular weight excluding hydrogens is 284 g/mol. The van der Waals surface area contributed by atoms with E-state index in [0.717, 1.165) is 30.9 Å². The van der Waals surface area contributed by atoms with Crippen LogP contribution in [0, 0.1) is 24.7 Å². The van der Waals surface area contributed by atoms with Crippen molar-refractivity contribution < 1.29 is 9.90 Å². The van der Waals surface area contributed by atoms with E-state index in [9.17, 15) is 4.79 Å². The molecule has 0 atom stereocenters. The summed E-state index contributed by atoms with van der Waals surface area (Å²) in [7, 11) is 1.00. The van der Waals surface area contributed by atoms with Crippen molar-refractivity contribution in [2.45, 2.75) is 19.8 Å². The maximum Gasteiger partial charge on any atom is 0.150 e. The minimum Gasteiger partial charge on any atom is -0.400 e. The van der Waals surface area contributed by atoms with Gasteiger partial charge in [-0.1, -0.05) is 49.5 Å². The Labute approximate surface area is 139 Å². The average Bonchev–Trinajstić information content (AvgIpc) is 2.65. The molecule has 0 spiro atoms. The number of terminal acetylenes is 2. The number of hydrogen-bond donors (Lipinski definition) is 1. The third-order valence-electron chi connectivity index (χ3n) is 2.87. The molecule has 0 bridgehead atoms. The summed E-state index contributed by atoms with van der Waals surface area (Å²) in [6, 6.07) is 15.0. The fourth-order valence-corrected chi connectivity index (χ4v) is 1.71. The molecule has 0 aliphatic heterocycles. The molecule has 0 aliphatic carbocycles. The van der Waals surface area contributed by atoms with E-state index in [1.165, 1.54) is 12.0 Å². The first kappa shape index (κ1) is 20.2. The molecule has 0 aromatic heterocycles. The molecule has 0 unspecified atom stereocenters. The Hall–Kier alpha value is -2.81. The molecule has 23 heavy (non-hydrogen) atoms. The number of aliphatic hydroxyl groups is 1. The van der Waals surface area contributed by atoms with Gasteiger partial charge in [0.2, 0.25) is 0 Å². The molecule has 0 aliphatic rings. The van der Waals surface area contributed by atoms with Crippen molar-refractivity contribution >= 4 is 6.29 Å². The molecular formula is C21H22O2. The zero-order chi connectivity index (χ0) is 17.5. The van der Waals surface area contributed by atoms with Gasteiger partial charge in [0.25, 0.3) is 0 Å². The highest BCUT2D eigenvalue weighted by Gasteiger charge is 1.89. The van der Waals surface area contributed by atoms with E-state index < -0.39 is 0 Å². The smallest absolute Gasteiger partial charge is 0.150 e. The predicted octanol–water partition coefficient (Wildman–Crippen LogP) is 3.71. The fourth-order valence-electron chi connectivity index (χ4n) is 1.71. The van der Waals surface area contributed by atoms with Gasteiger partial charge in [-0.3, -0.25) is 4.79 Å². The van der Waals surface area contributed by atoms with Crippen LogP contribution < -0.4 is 0 Å². The van der Waals surface area contributed by atoms with Crippen LogP contribution in [0.4, 0.5) is 0 Å². The van der Waals surface area contributed by atoms with E-state index in [2.05, 4.69) is 30.9 Å². The zero-order valence-corrected chi connectivity index (χ0v) is 13.6. The summed E-state index contributed by atoms with van der Waals surface area (Å²) in [5.41, 5.74) is 3.78. The molecule has 2 aromatic rings. The maximum absolute atomic E-state index is 10.2. The lowest BCUT2D eigenvalue weighted by molar-refractivity contribution is 0.112. The molecule has 0 fully saturated rings. The third kappa shape index (κ3) is 8.27. The summed E-state index contributed by atoms with van der Waals surface area (Å²) in [5.74, 6) is 5.06. The Morgan fingerprint density at radius 2 is 1.35 bits per heavy atom. The van der Waals surface area contributed by atoms with Crippen LogP contribution in [0.5, 0.6) is 0 Å². The minimum atomic E-state index is 0.652. The largest absolute Gasteiger partial charge is 0.400 e. The Morgan fingerprint density at radius 3 is 1.70 bits per heavy atom. The number of carbonyl (C=O) groups excluding carboxylic acids is 1. The van der Waals surface area contributed by atoms with Gasteiger partial charge < -0.3 is 5.11 Å². The molecule has 2 nitrogen and oxygen atoms in total. The molecule has 2 aromatic carbocycles. The highest BCUT2D eigenvalue weighted by atomic mass is 16.2. The van der Waals surface area contributed by atoms with Crippen molar-refractivity contribution in [3.8, 4) is 24.7 Å². The number of benzene rings is 2. The fraction of sp³-hybridized carbons (Fsp3) is 0.190. The van der Waals surface area contributed by atoms with Gasteiger partial charge in [0.05, 0.1) is 0 Å². The second kappa shape index (κ2) is 12.9. The first-order valence-electron chi connectivity index (χ1n) is 7.25. The van der Waals surface area contributed by atoms with E-state index in [0.29, 0.717) is 5.56 Å². The summed E-state index contributed by atoms with van der Waals surface area (Å²) in [5, 5.41) is 7.00. The van der Waals surface area contributed by atoms with Crippen molar-refractivity contribution in [3.05, 3.63) is 70.8 Å². The Kier molecular flexibility index (Phi) is 11.3. The number of hydrogen-bond acceptors (Lipinski definition) is 2. The Morgan fingerprint density at radius 1 is 0.913 bits per heavy atom. The average molecular weight is 306 g/mol. The topological polar surface area (TPSA) is 37.3 Å². The number of carbonyl (C=O) groups is 1. The summed E-state index contributed by atoms with van der Waals surface area (Å²) >= 11 is 0. The first-order valence-corrected chi connectivity index (χ1v) is 7.25. The third-order valence-corrected chi connectivity index (χ3v) is 2.87. The summed E-state index contributed by atoms with van der Waals surface area (Å²) in [4.78, 5) is 10.2. The molecule has 2 rings (SSSR count). The zero-order valence-electron chi connectivity index (χ0n) is 13.6. The summed E-state index contributed by atoms with van der Waals surface area (Å²) in [6.07, 6.45) is 13.5. The molecule has 0 heterocycles. The van der Waals surface area contributed by atoms with Gasteiger partial charge in [-0.2, -0.15) is 0 Å². The molecule has 0 saturated heterocycles. The molecule has 118 valence electrons. The van der Waals surface area contributed by atoms with Crippen LogP contribution >= 0.6 is 0 Å². The van der Waals surface area contributed by atoms with Crippen LogP contribution in [0.3, 0.4) is 0 Å². The first-order chi connectivity index (χ1) is 11.2. The van der Waals surface area contributed by atoms with Crippen LogP contribution in [0.15, 0.2) is 48.5 Å². The van der Waals surface area contributed by atoms with Crippen molar-refractivity contribution in [1.29, 1.82) is 0 Å². The normalized spacial score (nSPS) is 8.22. The Bertz CT molecular complexity index is 638. The lowest BCUT2D eigenvalue weighted by atomic mass is 10.1. The van der Waals surface area contributed by atoms with Crippen LogP contribution in [0.2, 0.25) is 0 Å². The van der Waals surface area contributed by atoms with Crippen LogP contribution in [-0.2, 0) is 6.42 Å². The lowest BCUT2D eigenvalue weighted by Gasteiger charge is -1.96. The van der Waals surface area contributed by atoms with Gasteiger partial charge >= 0.3 is 0 Å².